The summed E-state index contributed by atoms with van der Waals surface area (Å²) in [6.45, 7) is 2.88. The molecule has 1 amide bonds. The van der Waals surface area contributed by atoms with Crippen molar-refractivity contribution in [3.8, 4) is 5.69 Å². The summed E-state index contributed by atoms with van der Waals surface area (Å²) < 4.78 is 2.76. The van der Waals surface area contributed by atoms with Gasteiger partial charge in [0.2, 0.25) is 5.91 Å². The van der Waals surface area contributed by atoms with Crippen LogP contribution in [0.2, 0.25) is 5.02 Å². The van der Waals surface area contributed by atoms with Gasteiger partial charge >= 0.3 is 0 Å². The highest BCUT2D eigenvalue weighted by Gasteiger charge is 2.23. The number of hydrogen-bond acceptors (Lipinski definition) is 6. The number of piperidine rings is 1. The fraction of sp³-hybridized carbons (Fsp3) is 0.368. The molecule has 1 atom stereocenters. The van der Waals surface area contributed by atoms with Crippen LogP contribution in [0.25, 0.3) is 16.0 Å². The average molecular weight is 467 g/mol. The van der Waals surface area contributed by atoms with Crippen LogP contribution in [-0.4, -0.2) is 43.7 Å². The van der Waals surface area contributed by atoms with Gasteiger partial charge in [-0.15, -0.1) is 0 Å². The van der Waals surface area contributed by atoms with Crippen molar-refractivity contribution in [1.82, 2.24) is 19.4 Å². The van der Waals surface area contributed by atoms with E-state index >= 15 is 0 Å². The fourth-order valence-electron chi connectivity index (χ4n) is 3.46. The lowest BCUT2D eigenvalue weighted by Gasteiger charge is -2.33. The summed E-state index contributed by atoms with van der Waals surface area (Å²) in [5, 5.41) is 1.03. The maximum absolute atomic E-state index is 12.6. The van der Waals surface area contributed by atoms with E-state index in [0.717, 1.165) is 31.5 Å². The normalized spacial score (nSPS) is 17.0. The quantitative estimate of drug-likeness (QED) is 0.344. The number of benzene rings is 1. The molecule has 3 heterocycles. The van der Waals surface area contributed by atoms with Gasteiger partial charge in [0, 0.05) is 23.3 Å². The Morgan fingerprint density at radius 3 is 2.86 bits per heavy atom. The number of carbonyl (C=O) groups is 1. The number of nitrogens with zero attached hydrogens (tertiary/aromatic N) is 3. The van der Waals surface area contributed by atoms with Crippen molar-refractivity contribution < 1.29 is 4.79 Å². The Labute approximate surface area is 185 Å². The van der Waals surface area contributed by atoms with Crippen LogP contribution in [0, 0.1) is 3.95 Å². The Hall–Kier alpha value is -1.68. The van der Waals surface area contributed by atoms with Crippen LogP contribution in [0.3, 0.4) is 0 Å². The Bertz CT molecular complexity index is 1170. The van der Waals surface area contributed by atoms with Crippen molar-refractivity contribution in [2.75, 3.05) is 12.3 Å². The zero-order chi connectivity index (χ0) is 20.5. The third-order valence-electron chi connectivity index (χ3n) is 4.96. The molecule has 6 nitrogen and oxygen atoms in total. The van der Waals surface area contributed by atoms with Crippen LogP contribution < -0.4 is 5.56 Å². The molecule has 2 aromatic heterocycles. The molecule has 1 aliphatic rings. The molecule has 1 N–H and O–H groups in total. The van der Waals surface area contributed by atoms with Gasteiger partial charge in [-0.25, -0.2) is 4.98 Å². The minimum absolute atomic E-state index is 0.0739. The van der Waals surface area contributed by atoms with Crippen molar-refractivity contribution >= 4 is 63.2 Å². The highest BCUT2D eigenvalue weighted by Crippen LogP contribution is 2.26. The van der Waals surface area contributed by atoms with Gasteiger partial charge in [-0.05, 0) is 62.7 Å². The van der Waals surface area contributed by atoms with E-state index in [1.807, 2.05) is 17.0 Å². The summed E-state index contributed by atoms with van der Waals surface area (Å²) in [5.41, 5.74) is 1.03. The average Bonchev–Trinajstić information content (AvgIpc) is 3.04. The molecule has 0 radical (unpaired) electrons. The number of amides is 1. The van der Waals surface area contributed by atoms with E-state index in [-0.39, 0.29) is 23.3 Å². The number of thiazole rings is 1. The zero-order valence-electron chi connectivity index (χ0n) is 15.7. The second-order valence-electron chi connectivity index (χ2n) is 6.92. The molecule has 1 aromatic carbocycles. The number of carbonyl (C=O) groups excluding carboxylic acids is 1. The van der Waals surface area contributed by atoms with Crippen LogP contribution in [-0.2, 0) is 4.79 Å². The summed E-state index contributed by atoms with van der Waals surface area (Å²) in [4.78, 5) is 34.5. The summed E-state index contributed by atoms with van der Waals surface area (Å²) >= 11 is 13.9. The second-order valence-corrected chi connectivity index (χ2v) is 9.97. The van der Waals surface area contributed by atoms with Crippen LogP contribution in [0.15, 0.2) is 34.2 Å². The van der Waals surface area contributed by atoms with Crippen LogP contribution >= 0.6 is 46.9 Å². The molecular weight excluding hydrogens is 448 g/mol. The Kier molecular flexibility index (Phi) is 6.10. The first kappa shape index (κ1) is 20.6. The van der Waals surface area contributed by atoms with Crippen molar-refractivity contribution in [2.45, 2.75) is 37.4 Å². The second kappa shape index (κ2) is 8.59. The monoisotopic (exact) mass is 466 g/mol. The first-order valence-corrected chi connectivity index (χ1v) is 11.9. The number of hydrogen-bond donors (Lipinski definition) is 1. The Balaban J connectivity index is 1.63. The summed E-state index contributed by atoms with van der Waals surface area (Å²) in [5.74, 6) is 0.315. The number of halogens is 1. The highest BCUT2D eigenvalue weighted by atomic mass is 35.5. The van der Waals surface area contributed by atoms with Gasteiger partial charge in [-0.1, -0.05) is 34.7 Å². The number of thioether (sulfide) groups is 1. The number of fused-ring (bicyclic) bond motifs is 1. The van der Waals surface area contributed by atoms with Gasteiger partial charge in [-0.3, -0.25) is 14.2 Å². The molecule has 0 aliphatic carbocycles. The molecule has 1 aliphatic heterocycles. The molecule has 0 bridgehead atoms. The van der Waals surface area contributed by atoms with E-state index in [9.17, 15) is 9.59 Å². The largest absolute Gasteiger partial charge is 0.339 e. The van der Waals surface area contributed by atoms with Crippen molar-refractivity contribution in [1.29, 1.82) is 0 Å². The molecule has 1 fully saturated rings. The standard InChI is InChI=1S/C19H19ClN4O2S3/c1-11-4-2-3-9-23(11)14(25)10-28-18-21-16-15(17(26)22-18)29-19(27)24(16)13-7-5-12(20)6-8-13/h5-8,11H,2-4,9-10H2,1H3,(H,21,22,26)/t11-/m0/s1. The maximum Gasteiger partial charge on any atom is 0.271 e. The Morgan fingerprint density at radius 2 is 2.14 bits per heavy atom. The number of nitrogens with one attached hydrogen (secondary N) is 1. The van der Waals surface area contributed by atoms with Crippen molar-refractivity contribution in [2.24, 2.45) is 0 Å². The molecular formula is C19H19ClN4O2S3. The number of H-pyrrole nitrogens is 1. The van der Waals surface area contributed by atoms with Crippen LogP contribution in [0.5, 0.6) is 0 Å². The molecule has 0 unspecified atom stereocenters. The molecule has 10 heteroatoms. The van der Waals surface area contributed by atoms with E-state index < -0.39 is 0 Å². The molecule has 1 saturated heterocycles. The van der Waals surface area contributed by atoms with E-state index in [0.29, 0.717) is 24.5 Å². The third-order valence-corrected chi connectivity index (χ3v) is 7.43. The number of likely N-dealkylation sites (tertiary alicyclic amines) is 1. The SMILES string of the molecule is C[C@H]1CCCCN1C(=O)CSc1nc2c(sc(=S)n2-c2ccc(Cl)cc2)c(=O)[nH]1. The van der Waals surface area contributed by atoms with E-state index in [1.165, 1.54) is 23.1 Å². The van der Waals surface area contributed by atoms with E-state index in [4.69, 9.17) is 23.8 Å². The zero-order valence-corrected chi connectivity index (χ0v) is 18.9. The Morgan fingerprint density at radius 1 is 1.38 bits per heavy atom. The molecule has 29 heavy (non-hydrogen) atoms. The lowest BCUT2D eigenvalue weighted by Crippen LogP contribution is -2.43. The fourth-order valence-corrected chi connectivity index (χ4v) is 5.60. The minimum atomic E-state index is -0.250. The molecule has 0 spiro atoms. The molecule has 0 saturated carbocycles. The number of aromatic nitrogens is 3. The van der Waals surface area contributed by atoms with Crippen LogP contribution in [0.1, 0.15) is 26.2 Å². The smallest absolute Gasteiger partial charge is 0.271 e. The first-order valence-electron chi connectivity index (χ1n) is 9.28. The predicted octanol–water partition coefficient (Wildman–Crippen LogP) is 4.65. The molecule has 3 aromatic rings. The first-order chi connectivity index (χ1) is 13.9. The topological polar surface area (TPSA) is 71.0 Å². The minimum Gasteiger partial charge on any atom is -0.339 e. The molecule has 152 valence electrons. The summed E-state index contributed by atoms with van der Waals surface area (Å²) in [6.07, 6.45) is 3.24. The van der Waals surface area contributed by atoms with Gasteiger partial charge in [0.1, 0.15) is 4.70 Å². The van der Waals surface area contributed by atoms with Crippen molar-refractivity contribution in [3.63, 3.8) is 0 Å². The van der Waals surface area contributed by atoms with Gasteiger partial charge in [-0.2, -0.15) is 0 Å². The van der Waals surface area contributed by atoms with Gasteiger partial charge in [0.05, 0.1) is 5.75 Å². The number of rotatable bonds is 4. The van der Waals surface area contributed by atoms with Gasteiger partial charge < -0.3 is 9.88 Å². The van der Waals surface area contributed by atoms with Gasteiger partial charge in [0.25, 0.3) is 5.56 Å². The van der Waals surface area contributed by atoms with Gasteiger partial charge in [0.15, 0.2) is 14.8 Å². The van der Waals surface area contributed by atoms with Crippen molar-refractivity contribution in [3.05, 3.63) is 43.6 Å². The highest BCUT2D eigenvalue weighted by molar-refractivity contribution is 7.99. The summed E-state index contributed by atoms with van der Waals surface area (Å²) in [6, 6.07) is 7.47. The summed E-state index contributed by atoms with van der Waals surface area (Å²) in [7, 11) is 0. The van der Waals surface area contributed by atoms with E-state index in [1.54, 1.807) is 16.7 Å². The lowest BCUT2D eigenvalue weighted by molar-refractivity contribution is -0.131. The lowest BCUT2D eigenvalue weighted by atomic mass is 10.0. The van der Waals surface area contributed by atoms with Crippen LogP contribution in [0.4, 0.5) is 0 Å². The maximum atomic E-state index is 12.6. The number of aromatic amines is 1. The predicted molar refractivity (Wildman–Crippen MR) is 121 cm³/mol. The third kappa shape index (κ3) is 4.28. The molecule has 4 rings (SSSR count). The van der Waals surface area contributed by atoms with E-state index in [2.05, 4.69) is 16.9 Å².